The number of hydrogen-bond donors (Lipinski definition) is 0. The number of nitrogens with zero attached hydrogens (tertiary/aromatic N) is 2. The summed E-state index contributed by atoms with van der Waals surface area (Å²) in [6, 6.07) is -0.185. The van der Waals surface area contributed by atoms with E-state index in [1.807, 2.05) is 0 Å². The van der Waals surface area contributed by atoms with Crippen molar-refractivity contribution in [3.8, 4) is 0 Å². The van der Waals surface area contributed by atoms with E-state index in [1.165, 1.54) is 0 Å². The standard InChI is InChI=1S/C16H24N2O8S2.2K/c1-10-15(19)17(11-2-6-13(7-3-11)27-25-23-21)18(16(10)20)12-4-8-14(9-5-12)28-26-24-22;;/h11-14,21-22H,1-9H2;;/q;2*+1/p-2. The smallest absolute Gasteiger partial charge is 0.691 e. The second kappa shape index (κ2) is 15.4. The van der Waals surface area contributed by atoms with Gasteiger partial charge in [-0.2, -0.15) is 8.67 Å². The number of rotatable bonds is 8. The minimum absolute atomic E-state index is 0. The van der Waals surface area contributed by atoms with Crippen LogP contribution in [0.2, 0.25) is 0 Å². The molecule has 0 spiro atoms. The van der Waals surface area contributed by atoms with E-state index >= 15 is 0 Å². The maximum absolute atomic E-state index is 12.7. The van der Waals surface area contributed by atoms with Crippen molar-refractivity contribution >= 4 is 35.9 Å². The summed E-state index contributed by atoms with van der Waals surface area (Å²) in [4.78, 5) is 25.4. The van der Waals surface area contributed by atoms with E-state index in [0.29, 0.717) is 25.7 Å². The summed E-state index contributed by atoms with van der Waals surface area (Å²) in [5, 5.41) is 30.2. The van der Waals surface area contributed by atoms with Gasteiger partial charge >= 0.3 is 103 Å². The minimum Gasteiger partial charge on any atom is -0.691 e. The third kappa shape index (κ3) is 7.71. The van der Waals surface area contributed by atoms with E-state index in [2.05, 4.69) is 25.3 Å². The van der Waals surface area contributed by atoms with Gasteiger partial charge in [0.1, 0.15) is 5.57 Å². The van der Waals surface area contributed by atoms with Crippen LogP contribution in [0.5, 0.6) is 0 Å². The zero-order valence-corrected chi connectivity index (χ0v) is 25.0. The monoisotopic (exact) mass is 512 g/mol. The topological polar surface area (TPSA) is 124 Å². The van der Waals surface area contributed by atoms with Crippen LogP contribution in [0.15, 0.2) is 12.2 Å². The molecule has 0 aromatic carbocycles. The molecule has 2 saturated carbocycles. The Bertz CT molecular complexity index is 542. The van der Waals surface area contributed by atoms with Gasteiger partial charge in [0.2, 0.25) is 0 Å². The molecule has 1 saturated heterocycles. The molecule has 3 aliphatic rings. The van der Waals surface area contributed by atoms with Crippen LogP contribution < -0.4 is 113 Å². The van der Waals surface area contributed by atoms with Gasteiger partial charge in [0.05, 0.1) is 12.1 Å². The second-order valence-electron chi connectivity index (χ2n) is 7.10. The molecule has 158 valence electrons. The average Bonchev–Trinajstić information content (AvgIpc) is 2.95. The van der Waals surface area contributed by atoms with Gasteiger partial charge < -0.3 is 10.5 Å². The number of hydrogen-bond acceptors (Lipinski definition) is 10. The normalized spacial score (nSPS) is 29.6. The minimum atomic E-state index is -0.333. The van der Waals surface area contributed by atoms with Gasteiger partial charge in [-0.05, 0) is 51.4 Å². The Labute approximate surface area is 269 Å². The van der Waals surface area contributed by atoms with Crippen LogP contribution in [0.4, 0.5) is 0 Å². The first-order chi connectivity index (χ1) is 13.6. The van der Waals surface area contributed by atoms with Gasteiger partial charge in [0.15, 0.2) is 0 Å². The fourth-order valence-corrected chi connectivity index (χ4v) is 5.38. The average molecular weight is 513 g/mol. The molecule has 14 heteroatoms. The number of carbonyl (C=O) groups excluding carboxylic acids is 2. The number of carbonyl (C=O) groups is 2. The predicted molar refractivity (Wildman–Crippen MR) is 94.4 cm³/mol. The maximum Gasteiger partial charge on any atom is 1.00 e. The number of hydrazine groups is 1. The molecule has 2 amide bonds. The molecule has 3 rings (SSSR count). The molecule has 30 heavy (non-hydrogen) atoms. The molecule has 0 bridgehead atoms. The van der Waals surface area contributed by atoms with E-state index in [9.17, 15) is 20.1 Å². The molecule has 0 atom stereocenters. The molecule has 3 fully saturated rings. The zero-order valence-electron chi connectivity index (χ0n) is 17.2. The molecule has 0 unspecified atom stereocenters. The third-order valence-electron chi connectivity index (χ3n) is 5.55. The van der Waals surface area contributed by atoms with Crippen LogP contribution in [0, 0.1) is 0 Å². The van der Waals surface area contributed by atoms with Crippen LogP contribution >= 0.6 is 24.1 Å². The molecule has 0 aromatic heterocycles. The molecule has 2 aliphatic carbocycles. The molecule has 0 N–H and O–H groups in total. The van der Waals surface area contributed by atoms with Crippen LogP contribution in [-0.2, 0) is 28.3 Å². The fraction of sp³-hybridized carbons (Fsp3) is 0.750. The summed E-state index contributed by atoms with van der Waals surface area (Å²) >= 11 is 1.99. The predicted octanol–water partition coefficient (Wildman–Crippen LogP) is -5.50. The van der Waals surface area contributed by atoms with Gasteiger partial charge in [-0.15, -0.1) is 0 Å². The van der Waals surface area contributed by atoms with Gasteiger partial charge in [-0.1, -0.05) is 6.58 Å². The van der Waals surface area contributed by atoms with E-state index in [0.717, 1.165) is 49.8 Å². The van der Waals surface area contributed by atoms with Crippen LogP contribution in [0.1, 0.15) is 51.4 Å². The van der Waals surface area contributed by atoms with Crippen molar-refractivity contribution in [3.05, 3.63) is 12.2 Å². The first-order valence-electron chi connectivity index (χ1n) is 9.16. The van der Waals surface area contributed by atoms with Crippen LogP contribution in [0.25, 0.3) is 0 Å². The van der Waals surface area contributed by atoms with Crippen molar-refractivity contribution in [2.75, 3.05) is 0 Å². The van der Waals surface area contributed by atoms with Gasteiger partial charge in [0.25, 0.3) is 11.8 Å². The SMILES string of the molecule is C=C1C(=O)N(C2CCC(SOO[O-])CC2)N(C2CCC(SOO[O-])CC2)C1=O.[K+].[K+]. The molecular weight excluding hydrogens is 491 g/mol. The Kier molecular flexibility index (Phi) is 15.6. The molecule has 1 heterocycles. The molecule has 0 aromatic rings. The van der Waals surface area contributed by atoms with Crippen molar-refractivity contribution in [1.29, 1.82) is 0 Å². The van der Waals surface area contributed by atoms with Crippen LogP contribution in [0.3, 0.4) is 0 Å². The Morgan fingerprint density at radius 2 is 1.07 bits per heavy atom. The molecule has 0 radical (unpaired) electrons. The Morgan fingerprint density at radius 3 is 1.37 bits per heavy atom. The van der Waals surface area contributed by atoms with Crippen LogP contribution in [-0.4, -0.2) is 44.4 Å². The first-order valence-corrected chi connectivity index (χ1v) is 10.8. The molecule has 1 aliphatic heterocycles. The van der Waals surface area contributed by atoms with E-state index in [4.69, 9.17) is 0 Å². The fourth-order valence-electron chi connectivity index (χ4n) is 4.16. The van der Waals surface area contributed by atoms with Crippen molar-refractivity contribution in [2.45, 2.75) is 74.0 Å². The van der Waals surface area contributed by atoms with E-state index in [-0.39, 0.29) is 143 Å². The van der Waals surface area contributed by atoms with Crippen molar-refractivity contribution in [1.82, 2.24) is 10.0 Å². The summed E-state index contributed by atoms with van der Waals surface area (Å²) in [7, 11) is 0. The largest absolute Gasteiger partial charge is 1.00 e. The summed E-state index contributed by atoms with van der Waals surface area (Å²) in [6.45, 7) is 3.68. The van der Waals surface area contributed by atoms with Crippen molar-refractivity contribution in [3.63, 3.8) is 0 Å². The second-order valence-corrected chi connectivity index (χ2v) is 9.09. The van der Waals surface area contributed by atoms with Crippen molar-refractivity contribution in [2.24, 2.45) is 0 Å². The number of amides is 2. The first kappa shape index (κ1) is 30.4. The van der Waals surface area contributed by atoms with E-state index < -0.39 is 0 Å². The Balaban J connectivity index is 0.00000225. The maximum atomic E-state index is 12.7. The zero-order chi connectivity index (χ0) is 20.1. The molecule has 10 nitrogen and oxygen atoms in total. The summed E-state index contributed by atoms with van der Waals surface area (Å²) < 4.78 is 8.81. The molecular formula is C16H22K2N2O8S2. The van der Waals surface area contributed by atoms with Crippen molar-refractivity contribution < 1.29 is 142 Å². The quantitative estimate of drug-likeness (QED) is 0.0777. The Hall–Kier alpha value is 2.41. The third-order valence-corrected chi connectivity index (χ3v) is 7.31. The Morgan fingerprint density at radius 1 is 0.733 bits per heavy atom. The van der Waals surface area contributed by atoms with E-state index in [1.54, 1.807) is 10.0 Å². The summed E-state index contributed by atoms with van der Waals surface area (Å²) in [6.07, 6.45) is 5.76. The van der Waals surface area contributed by atoms with Gasteiger partial charge in [-0.25, -0.2) is 10.0 Å². The summed E-state index contributed by atoms with van der Waals surface area (Å²) in [5.41, 5.74) is -0.000765. The van der Waals surface area contributed by atoms with Gasteiger partial charge in [0, 0.05) is 34.6 Å². The summed E-state index contributed by atoms with van der Waals surface area (Å²) in [5.74, 6) is -0.667. The van der Waals surface area contributed by atoms with Gasteiger partial charge in [-0.3, -0.25) is 19.7 Å².